The van der Waals surface area contributed by atoms with Crippen LogP contribution >= 0.6 is 0 Å². The number of benzene rings is 2. The third kappa shape index (κ3) is 4.98. The van der Waals surface area contributed by atoms with E-state index < -0.39 is 6.04 Å². The molecule has 0 bridgehead atoms. The third-order valence-electron chi connectivity index (χ3n) is 3.33. The van der Waals surface area contributed by atoms with Crippen molar-refractivity contribution in [1.29, 1.82) is 0 Å². The zero-order valence-electron chi connectivity index (χ0n) is 13.1. The highest BCUT2D eigenvalue weighted by molar-refractivity contribution is 5.94. The molecule has 3 N–H and O–H groups in total. The molecular weight excluding hydrogens is 274 g/mol. The molecule has 2 rings (SSSR count). The third-order valence-corrected chi connectivity index (χ3v) is 3.33. The Morgan fingerprint density at radius 3 is 2.45 bits per heavy atom. The van der Waals surface area contributed by atoms with Crippen LogP contribution in [0.3, 0.4) is 0 Å². The van der Waals surface area contributed by atoms with Gasteiger partial charge >= 0.3 is 0 Å². The Morgan fingerprint density at radius 1 is 1.09 bits per heavy atom. The van der Waals surface area contributed by atoms with Crippen molar-refractivity contribution in [3.8, 4) is 0 Å². The molecule has 1 amide bonds. The van der Waals surface area contributed by atoms with Gasteiger partial charge in [-0.05, 0) is 43.8 Å². The van der Waals surface area contributed by atoms with Crippen LogP contribution in [0.25, 0.3) is 0 Å². The molecule has 4 heteroatoms. The van der Waals surface area contributed by atoms with Crippen LogP contribution in [0.5, 0.6) is 0 Å². The number of nitrogens with zero attached hydrogens (tertiary/aromatic N) is 1. The molecule has 1 unspecified atom stereocenters. The lowest BCUT2D eigenvalue weighted by atomic mass is 10.1. The predicted molar refractivity (Wildman–Crippen MR) is 90.6 cm³/mol. The van der Waals surface area contributed by atoms with E-state index >= 15 is 0 Å². The smallest absolute Gasteiger partial charge is 0.241 e. The maximum atomic E-state index is 12.2. The van der Waals surface area contributed by atoms with Crippen LogP contribution in [-0.2, 0) is 17.8 Å². The van der Waals surface area contributed by atoms with Gasteiger partial charge in [0, 0.05) is 12.2 Å². The lowest BCUT2D eigenvalue weighted by Gasteiger charge is -2.14. The molecule has 0 fully saturated rings. The quantitative estimate of drug-likeness (QED) is 0.860. The first-order valence-corrected chi connectivity index (χ1v) is 7.38. The standard InChI is InChI=1S/C18H23N3O/c1-21(2)13-15-9-6-10-16(11-15)20-18(22)17(19)12-14-7-4-3-5-8-14/h3-11,17H,12-13,19H2,1-2H3,(H,20,22). The van der Waals surface area contributed by atoms with Gasteiger partial charge in [-0.15, -0.1) is 0 Å². The molecule has 0 aliphatic carbocycles. The monoisotopic (exact) mass is 297 g/mol. The number of nitrogens with two attached hydrogens (primary N) is 1. The van der Waals surface area contributed by atoms with Crippen LogP contribution in [-0.4, -0.2) is 30.9 Å². The van der Waals surface area contributed by atoms with E-state index in [4.69, 9.17) is 5.73 Å². The second kappa shape index (κ2) is 7.73. The maximum Gasteiger partial charge on any atom is 0.241 e. The van der Waals surface area contributed by atoms with Crippen LogP contribution < -0.4 is 11.1 Å². The van der Waals surface area contributed by atoms with Gasteiger partial charge in [0.1, 0.15) is 0 Å². The molecule has 0 aliphatic rings. The van der Waals surface area contributed by atoms with Crippen LogP contribution in [0.15, 0.2) is 54.6 Å². The molecule has 0 heterocycles. The summed E-state index contributed by atoms with van der Waals surface area (Å²) in [5.74, 6) is -0.161. The predicted octanol–water partition coefficient (Wildman–Crippen LogP) is 2.26. The van der Waals surface area contributed by atoms with Crippen molar-refractivity contribution in [3.63, 3.8) is 0 Å². The molecule has 0 saturated carbocycles. The van der Waals surface area contributed by atoms with Gasteiger partial charge in [-0.25, -0.2) is 0 Å². The zero-order chi connectivity index (χ0) is 15.9. The lowest BCUT2D eigenvalue weighted by Crippen LogP contribution is -2.37. The Balaban J connectivity index is 1.96. The van der Waals surface area contributed by atoms with E-state index in [0.29, 0.717) is 6.42 Å². The highest BCUT2D eigenvalue weighted by atomic mass is 16.2. The van der Waals surface area contributed by atoms with Crippen molar-refractivity contribution in [3.05, 3.63) is 65.7 Å². The van der Waals surface area contributed by atoms with Crippen LogP contribution in [0.1, 0.15) is 11.1 Å². The van der Waals surface area contributed by atoms with Gasteiger partial charge in [-0.2, -0.15) is 0 Å². The Labute approximate surface area is 131 Å². The Kier molecular flexibility index (Phi) is 5.69. The van der Waals surface area contributed by atoms with Gasteiger partial charge in [0.05, 0.1) is 6.04 Å². The highest BCUT2D eigenvalue weighted by Crippen LogP contribution is 2.12. The maximum absolute atomic E-state index is 12.2. The SMILES string of the molecule is CN(C)Cc1cccc(NC(=O)C(N)Cc2ccccc2)c1. The zero-order valence-corrected chi connectivity index (χ0v) is 13.1. The van der Waals surface area contributed by atoms with Crippen molar-refractivity contribution in [2.45, 2.75) is 19.0 Å². The number of carbonyl (C=O) groups is 1. The highest BCUT2D eigenvalue weighted by Gasteiger charge is 2.14. The number of hydrogen-bond donors (Lipinski definition) is 2. The van der Waals surface area contributed by atoms with E-state index in [1.54, 1.807) is 0 Å². The Bertz CT molecular complexity index is 611. The first-order valence-electron chi connectivity index (χ1n) is 7.38. The van der Waals surface area contributed by atoms with E-state index in [2.05, 4.69) is 10.2 Å². The molecule has 2 aromatic carbocycles. The Morgan fingerprint density at radius 2 is 1.77 bits per heavy atom. The van der Waals surface area contributed by atoms with Gasteiger partial charge < -0.3 is 16.0 Å². The fourth-order valence-corrected chi connectivity index (χ4v) is 2.31. The molecule has 116 valence electrons. The summed E-state index contributed by atoms with van der Waals surface area (Å²) in [5.41, 5.74) is 8.99. The average Bonchev–Trinajstić information content (AvgIpc) is 2.48. The van der Waals surface area contributed by atoms with E-state index in [9.17, 15) is 4.79 Å². The number of anilines is 1. The normalized spacial score (nSPS) is 12.2. The summed E-state index contributed by atoms with van der Waals surface area (Å²) in [7, 11) is 4.03. The summed E-state index contributed by atoms with van der Waals surface area (Å²) in [4.78, 5) is 14.3. The van der Waals surface area contributed by atoms with E-state index in [1.165, 1.54) is 0 Å². The second-order valence-corrected chi connectivity index (χ2v) is 5.72. The van der Waals surface area contributed by atoms with Gasteiger partial charge in [0.25, 0.3) is 0 Å². The largest absolute Gasteiger partial charge is 0.325 e. The summed E-state index contributed by atoms with van der Waals surface area (Å²) in [6.45, 7) is 0.833. The van der Waals surface area contributed by atoms with Gasteiger partial charge in [0.2, 0.25) is 5.91 Å². The molecular formula is C18H23N3O. The van der Waals surface area contributed by atoms with E-state index in [0.717, 1.165) is 23.4 Å². The molecule has 0 radical (unpaired) electrons. The van der Waals surface area contributed by atoms with Crippen molar-refractivity contribution in [2.24, 2.45) is 5.73 Å². The molecule has 1 atom stereocenters. The summed E-state index contributed by atoms with van der Waals surface area (Å²) in [6, 6.07) is 17.1. The van der Waals surface area contributed by atoms with E-state index in [-0.39, 0.29) is 5.91 Å². The van der Waals surface area contributed by atoms with Crippen molar-refractivity contribution in [1.82, 2.24) is 4.90 Å². The van der Waals surface area contributed by atoms with Crippen LogP contribution in [0.4, 0.5) is 5.69 Å². The molecule has 0 saturated heterocycles. The van der Waals surface area contributed by atoms with Crippen molar-refractivity contribution in [2.75, 3.05) is 19.4 Å². The molecule has 4 nitrogen and oxygen atoms in total. The van der Waals surface area contributed by atoms with Gasteiger partial charge in [-0.3, -0.25) is 4.79 Å². The molecule has 0 aromatic heterocycles. The number of carbonyl (C=O) groups excluding carboxylic acids is 1. The second-order valence-electron chi connectivity index (χ2n) is 5.72. The fourth-order valence-electron chi connectivity index (χ4n) is 2.31. The van der Waals surface area contributed by atoms with Gasteiger partial charge in [0.15, 0.2) is 0 Å². The van der Waals surface area contributed by atoms with Crippen molar-refractivity contribution < 1.29 is 4.79 Å². The van der Waals surface area contributed by atoms with Crippen LogP contribution in [0, 0.1) is 0 Å². The molecule has 0 spiro atoms. The summed E-state index contributed by atoms with van der Waals surface area (Å²) < 4.78 is 0. The minimum absolute atomic E-state index is 0.161. The summed E-state index contributed by atoms with van der Waals surface area (Å²) in [5, 5.41) is 2.89. The lowest BCUT2D eigenvalue weighted by molar-refractivity contribution is -0.117. The average molecular weight is 297 g/mol. The number of rotatable bonds is 6. The summed E-state index contributed by atoms with van der Waals surface area (Å²) in [6.07, 6.45) is 0.532. The first-order chi connectivity index (χ1) is 10.5. The van der Waals surface area contributed by atoms with Crippen molar-refractivity contribution >= 4 is 11.6 Å². The molecule has 0 aliphatic heterocycles. The summed E-state index contributed by atoms with van der Waals surface area (Å²) >= 11 is 0. The van der Waals surface area contributed by atoms with Gasteiger partial charge in [-0.1, -0.05) is 42.5 Å². The first kappa shape index (κ1) is 16.2. The molecule has 22 heavy (non-hydrogen) atoms. The Hall–Kier alpha value is -2.17. The number of amides is 1. The van der Waals surface area contributed by atoms with Crippen LogP contribution in [0.2, 0.25) is 0 Å². The molecule has 2 aromatic rings. The topological polar surface area (TPSA) is 58.4 Å². The fraction of sp³-hybridized carbons (Fsp3) is 0.278. The minimum atomic E-state index is -0.556. The number of nitrogens with one attached hydrogen (secondary N) is 1. The van der Waals surface area contributed by atoms with E-state index in [1.807, 2.05) is 68.7 Å². The number of hydrogen-bond acceptors (Lipinski definition) is 3. The minimum Gasteiger partial charge on any atom is -0.325 e.